The van der Waals surface area contributed by atoms with E-state index < -0.39 is 5.91 Å². The fraction of sp³-hybridized carbons (Fsp3) is 0.250. The third-order valence-electron chi connectivity index (χ3n) is 4.86. The van der Waals surface area contributed by atoms with Crippen LogP contribution in [-0.2, 0) is 6.67 Å². The van der Waals surface area contributed by atoms with Crippen molar-refractivity contribution in [3.05, 3.63) is 57.0 Å². The molecule has 0 bridgehead atoms. The van der Waals surface area contributed by atoms with Crippen LogP contribution in [0.3, 0.4) is 0 Å². The SMILES string of the molecule is O=C(N=Nc1c(O)n(CN2CCCC2)c2ccc(Br)cc12)c1ccccc1Br. The summed E-state index contributed by atoms with van der Waals surface area (Å²) in [7, 11) is 0. The van der Waals surface area contributed by atoms with Gasteiger partial charge < -0.3 is 5.11 Å². The fourth-order valence-corrected chi connectivity index (χ4v) is 4.26. The monoisotopic (exact) mass is 504 g/mol. The summed E-state index contributed by atoms with van der Waals surface area (Å²) in [5.74, 6) is -0.453. The highest BCUT2D eigenvalue weighted by Gasteiger charge is 2.21. The zero-order valence-electron chi connectivity index (χ0n) is 15.0. The molecule has 0 unspecified atom stereocenters. The number of hydrogen-bond acceptors (Lipinski definition) is 4. The number of fused-ring (bicyclic) bond motifs is 1. The van der Waals surface area contributed by atoms with E-state index in [0.29, 0.717) is 22.4 Å². The van der Waals surface area contributed by atoms with E-state index in [4.69, 9.17) is 0 Å². The molecule has 6 nitrogen and oxygen atoms in total. The van der Waals surface area contributed by atoms with Gasteiger partial charge in [0.15, 0.2) is 5.69 Å². The summed E-state index contributed by atoms with van der Waals surface area (Å²) in [4.78, 5) is 14.7. The van der Waals surface area contributed by atoms with Gasteiger partial charge in [0.2, 0.25) is 5.88 Å². The summed E-state index contributed by atoms with van der Waals surface area (Å²) in [5.41, 5.74) is 1.58. The Kier molecular flexibility index (Phi) is 5.61. The highest BCUT2D eigenvalue weighted by Crippen LogP contribution is 2.40. The van der Waals surface area contributed by atoms with Gasteiger partial charge >= 0.3 is 0 Å². The molecule has 1 saturated heterocycles. The summed E-state index contributed by atoms with van der Waals surface area (Å²) in [6.07, 6.45) is 2.33. The average Bonchev–Trinajstić information content (AvgIpc) is 3.28. The lowest BCUT2D eigenvalue weighted by molar-refractivity contribution is 0.0994. The van der Waals surface area contributed by atoms with Gasteiger partial charge in [-0.25, -0.2) is 0 Å². The molecule has 2 aromatic carbocycles. The van der Waals surface area contributed by atoms with Crippen molar-refractivity contribution in [3.8, 4) is 5.88 Å². The highest BCUT2D eigenvalue weighted by atomic mass is 79.9. The van der Waals surface area contributed by atoms with Gasteiger partial charge in [0.25, 0.3) is 5.91 Å². The third-order valence-corrected chi connectivity index (χ3v) is 6.04. The number of halogens is 2. The predicted octanol–water partition coefficient (Wildman–Crippen LogP) is 5.85. The number of carbonyl (C=O) groups excluding carboxylic acids is 1. The van der Waals surface area contributed by atoms with Crippen molar-refractivity contribution in [2.24, 2.45) is 10.2 Å². The van der Waals surface area contributed by atoms with Crippen LogP contribution in [0.1, 0.15) is 23.2 Å². The Bertz CT molecular complexity index is 1070. The molecule has 4 rings (SSSR count). The van der Waals surface area contributed by atoms with E-state index >= 15 is 0 Å². The summed E-state index contributed by atoms with van der Waals surface area (Å²) in [6, 6.07) is 12.8. The second-order valence-corrected chi connectivity index (χ2v) is 8.48. The van der Waals surface area contributed by atoms with Crippen LogP contribution in [0.4, 0.5) is 5.69 Å². The van der Waals surface area contributed by atoms with Crippen LogP contribution in [0.15, 0.2) is 61.6 Å². The molecule has 0 radical (unpaired) electrons. The number of aromatic nitrogens is 1. The van der Waals surface area contributed by atoms with Gasteiger partial charge in [-0.1, -0.05) is 28.1 Å². The van der Waals surface area contributed by atoms with E-state index in [1.54, 1.807) is 18.2 Å². The van der Waals surface area contributed by atoms with Crippen molar-refractivity contribution in [2.45, 2.75) is 19.5 Å². The van der Waals surface area contributed by atoms with E-state index in [2.05, 4.69) is 47.0 Å². The summed E-state index contributed by atoms with van der Waals surface area (Å²) in [6.45, 7) is 2.59. The molecule has 1 amide bonds. The van der Waals surface area contributed by atoms with Crippen LogP contribution in [0.5, 0.6) is 5.88 Å². The van der Waals surface area contributed by atoms with Gasteiger partial charge in [-0.2, -0.15) is 0 Å². The van der Waals surface area contributed by atoms with Gasteiger partial charge in [0, 0.05) is 14.3 Å². The molecular weight excluding hydrogens is 488 g/mol. The van der Waals surface area contributed by atoms with Gasteiger partial charge in [-0.05, 0) is 72.2 Å². The van der Waals surface area contributed by atoms with Crippen molar-refractivity contribution in [1.29, 1.82) is 0 Å². The lowest BCUT2D eigenvalue weighted by Gasteiger charge is -2.17. The summed E-state index contributed by atoms with van der Waals surface area (Å²) < 4.78 is 3.35. The van der Waals surface area contributed by atoms with Crippen LogP contribution >= 0.6 is 31.9 Å². The van der Waals surface area contributed by atoms with E-state index in [-0.39, 0.29) is 5.88 Å². The largest absolute Gasteiger partial charge is 0.493 e. The number of nitrogens with zero attached hydrogens (tertiary/aromatic N) is 4. The number of rotatable bonds is 4. The number of benzene rings is 2. The number of likely N-dealkylation sites (tertiary alicyclic amines) is 1. The van der Waals surface area contributed by atoms with E-state index in [9.17, 15) is 9.90 Å². The zero-order valence-corrected chi connectivity index (χ0v) is 18.1. The molecule has 1 aliphatic rings. The maximum atomic E-state index is 12.4. The van der Waals surface area contributed by atoms with Crippen LogP contribution in [0.2, 0.25) is 0 Å². The van der Waals surface area contributed by atoms with Crippen LogP contribution in [0.25, 0.3) is 10.9 Å². The van der Waals surface area contributed by atoms with Gasteiger partial charge in [-0.3, -0.25) is 14.3 Å². The van der Waals surface area contributed by atoms with Crippen molar-refractivity contribution >= 4 is 54.4 Å². The molecule has 0 spiro atoms. The minimum absolute atomic E-state index is 0.0173. The molecule has 0 aliphatic carbocycles. The Balaban J connectivity index is 1.73. The Hall–Kier alpha value is -2.03. The lowest BCUT2D eigenvalue weighted by atomic mass is 10.2. The maximum absolute atomic E-state index is 12.4. The molecule has 2 heterocycles. The van der Waals surface area contributed by atoms with Crippen molar-refractivity contribution < 1.29 is 9.90 Å². The van der Waals surface area contributed by atoms with Crippen LogP contribution in [0, 0.1) is 0 Å². The molecule has 1 fully saturated rings. The third kappa shape index (κ3) is 3.76. The summed E-state index contributed by atoms with van der Waals surface area (Å²) >= 11 is 6.82. The smallest absolute Gasteiger partial charge is 0.296 e. The van der Waals surface area contributed by atoms with Crippen molar-refractivity contribution in [1.82, 2.24) is 9.47 Å². The quantitative estimate of drug-likeness (QED) is 0.452. The fourth-order valence-electron chi connectivity index (χ4n) is 3.45. The minimum Gasteiger partial charge on any atom is -0.493 e. The minimum atomic E-state index is -0.470. The number of hydrogen-bond donors (Lipinski definition) is 1. The molecule has 1 N–H and O–H groups in total. The highest BCUT2D eigenvalue weighted by molar-refractivity contribution is 9.10. The first-order chi connectivity index (χ1) is 13.5. The normalized spacial score (nSPS) is 15.1. The van der Waals surface area contributed by atoms with Crippen LogP contribution in [-0.4, -0.2) is 33.6 Å². The molecule has 1 aliphatic heterocycles. The molecule has 1 aromatic heterocycles. The van der Waals surface area contributed by atoms with Crippen LogP contribution < -0.4 is 0 Å². The number of azo groups is 1. The molecule has 8 heteroatoms. The van der Waals surface area contributed by atoms with Gasteiger partial charge in [0.1, 0.15) is 0 Å². The first-order valence-electron chi connectivity index (χ1n) is 8.98. The molecule has 0 atom stereocenters. The molecular formula is C20H18Br2N4O2. The molecule has 28 heavy (non-hydrogen) atoms. The first kappa shape index (κ1) is 19.3. The number of carbonyl (C=O) groups is 1. The maximum Gasteiger partial charge on any atom is 0.296 e. The molecule has 144 valence electrons. The lowest BCUT2D eigenvalue weighted by Crippen LogP contribution is -2.22. The Morgan fingerprint density at radius 2 is 1.86 bits per heavy atom. The van der Waals surface area contributed by atoms with E-state index in [1.807, 2.05) is 28.8 Å². The van der Waals surface area contributed by atoms with E-state index in [0.717, 1.165) is 28.5 Å². The Morgan fingerprint density at radius 3 is 2.61 bits per heavy atom. The summed E-state index contributed by atoms with van der Waals surface area (Å²) in [5, 5.41) is 19.6. The topological polar surface area (TPSA) is 70.2 Å². The molecule has 3 aromatic rings. The predicted molar refractivity (Wildman–Crippen MR) is 115 cm³/mol. The Morgan fingerprint density at radius 1 is 1.11 bits per heavy atom. The standard InChI is InChI=1S/C20H18Br2N4O2/c21-13-7-8-17-15(11-13)18(20(28)26(17)12-25-9-3-4-10-25)23-24-19(27)14-5-1-2-6-16(14)22/h1-2,5-8,11,28H,3-4,9-10,12H2. The van der Waals surface area contributed by atoms with Gasteiger partial charge in [-0.15, -0.1) is 10.2 Å². The first-order valence-corrected chi connectivity index (χ1v) is 10.6. The number of aromatic hydroxyl groups is 1. The zero-order chi connectivity index (χ0) is 19.7. The van der Waals surface area contributed by atoms with Crippen molar-refractivity contribution in [2.75, 3.05) is 13.1 Å². The Labute approximate surface area is 179 Å². The van der Waals surface area contributed by atoms with E-state index in [1.165, 1.54) is 12.8 Å². The average molecular weight is 506 g/mol. The van der Waals surface area contributed by atoms with Gasteiger partial charge in [0.05, 0.1) is 17.7 Å². The second kappa shape index (κ2) is 8.14. The molecule has 0 saturated carbocycles. The van der Waals surface area contributed by atoms with Crippen molar-refractivity contribution in [3.63, 3.8) is 0 Å². The second-order valence-electron chi connectivity index (χ2n) is 6.71. The number of amides is 1.